The van der Waals surface area contributed by atoms with Crippen LogP contribution in [0.4, 0.5) is 0 Å². The Morgan fingerprint density at radius 2 is 2.38 bits per heavy atom. The maximum atomic E-state index is 10.9. The largest absolute Gasteiger partial charge is 0.478 e. The highest BCUT2D eigenvalue weighted by Gasteiger charge is 2.49. The van der Waals surface area contributed by atoms with Gasteiger partial charge in [0.05, 0.1) is 0 Å². The van der Waals surface area contributed by atoms with Gasteiger partial charge in [-0.15, -0.1) is 0 Å². The standard InChI is InChI=1S/C11H12O2/c12-11(13)10-5-6-4-9(10)8-3-1-2-7(6)8/h1,3,5-9H,2,4H2,(H,12,13). The first-order chi connectivity index (χ1) is 6.27. The monoisotopic (exact) mass is 176 g/mol. The van der Waals surface area contributed by atoms with Gasteiger partial charge >= 0.3 is 5.97 Å². The minimum Gasteiger partial charge on any atom is -0.478 e. The van der Waals surface area contributed by atoms with Gasteiger partial charge in [0.2, 0.25) is 0 Å². The van der Waals surface area contributed by atoms with Crippen LogP contribution in [0.25, 0.3) is 0 Å². The third-order valence-electron chi connectivity index (χ3n) is 3.84. The molecule has 2 nitrogen and oxygen atoms in total. The SMILES string of the molecule is O=C(O)C1=CC2CC1C1C=CCC21. The highest BCUT2D eigenvalue weighted by atomic mass is 16.4. The quantitative estimate of drug-likeness (QED) is 0.619. The third-order valence-corrected chi connectivity index (χ3v) is 3.84. The molecule has 1 saturated carbocycles. The summed E-state index contributed by atoms with van der Waals surface area (Å²) < 4.78 is 0. The molecule has 0 saturated heterocycles. The normalized spacial score (nSPS) is 45.1. The average Bonchev–Trinajstić information content (AvgIpc) is 2.75. The van der Waals surface area contributed by atoms with Gasteiger partial charge < -0.3 is 5.11 Å². The summed E-state index contributed by atoms with van der Waals surface area (Å²) in [5, 5.41) is 8.96. The predicted molar refractivity (Wildman–Crippen MR) is 48.1 cm³/mol. The number of carboxylic acids is 1. The van der Waals surface area contributed by atoms with E-state index in [4.69, 9.17) is 5.11 Å². The summed E-state index contributed by atoms with van der Waals surface area (Å²) in [4.78, 5) is 10.9. The number of hydrogen-bond acceptors (Lipinski definition) is 1. The molecule has 0 amide bonds. The van der Waals surface area contributed by atoms with E-state index in [0.717, 1.165) is 18.8 Å². The van der Waals surface area contributed by atoms with E-state index in [1.54, 1.807) is 0 Å². The van der Waals surface area contributed by atoms with Crippen LogP contribution in [0.1, 0.15) is 12.8 Å². The third kappa shape index (κ3) is 0.808. The van der Waals surface area contributed by atoms with Crippen molar-refractivity contribution >= 4 is 5.97 Å². The Bertz CT molecular complexity index is 327. The zero-order chi connectivity index (χ0) is 9.00. The molecule has 4 unspecified atom stereocenters. The number of rotatable bonds is 1. The van der Waals surface area contributed by atoms with Crippen molar-refractivity contribution in [2.45, 2.75) is 12.8 Å². The lowest BCUT2D eigenvalue weighted by Crippen LogP contribution is -2.20. The molecule has 0 aromatic rings. The zero-order valence-electron chi connectivity index (χ0n) is 7.31. The van der Waals surface area contributed by atoms with Crippen LogP contribution in [0.2, 0.25) is 0 Å². The van der Waals surface area contributed by atoms with Crippen molar-refractivity contribution in [2.24, 2.45) is 23.7 Å². The first-order valence-electron chi connectivity index (χ1n) is 4.89. The van der Waals surface area contributed by atoms with Gasteiger partial charge in [0.1, 0.15) is 0 Å². The second-order valence-corrected chi connectivity index (χ2v) is 4.34. The van der Waals surface area contributed by atoms with Crippen molar-refractivity contribution in [2.75, 3.05) is 0 Å². The fourth-order valence-electron chi connectivity index (χ4n) is 3.32. The first kappa shape index (κ1) is 7.36. The van der Waals surface area contributed by atoms with E-state index >= 15 is 0 Å². The molecule has 1 N–H and O–H groups in total. The number of carbonyl (C=O) groups is 1. The van der Waals surface area contributed by atoms with Crippen molar-refractivity contribution in [1.82, 2.24) is 0 Å². The van der Waals surface area contributed by atoms with Crippen molar-refractivity contribution in [3.63, 3.8) is 0 Å². The van der Waals surface area contributed by atoms with Gasteiger partial charge in [-0.05, 0) is 36.5 Å². The molecule has 1 fully saturated rings. The first-order valence-corrected chi connectivity index (χ1v) is 4.89. The van der Waals surface area contributed by atoms with Crippen LogP contribution in [-0.4, -0.2) is 11.1 Å². The minimum absolute atomic E-state index is 0.325. The Kier molecular flexibility index (Phi) is 1.27. The number of hydrogen-bond donors (Lipinski definition) is 1. The molecular weight excluding hydrogens is 164 g/mol. The maximum absolute atomic E-state index is 10.9. The van der Waals surface area contributed by atoms with E-state index in [9.17, 15) is 4.79 Å². The molecule has 3 aliphatic rings. The fraction of sp³-hybridized carbons (Fsp3) is 0.545. The molecule has 4 atom stereocenters. The smallest absolute Gasteiger partial charge is 0.331 e. The van der Waals surface area contributed by atoms with Crippen molar-refractivity contribution in [3.05, 3.63) is 23.8 Å². The summed E-state index contributed by atoms with van der Waals surface area (Å²) in [6, 6.07) is 0. The molecule has 68 valence electrons. The van der Waals surface area contributed by atoms with E-state index < -0.39 is 5.97 Å². The van der Waals surface area contributed by atoms with Gasteiger partial charge in [0, 0.05) is 5.57 Å². The highest BCUT2D eigenvalue weighted by molar-refractivity contribution is 5.88. The summed E-state index contributed by atoms with van der Waals surface area (Å²) in [6.45, 7) is 0. The Hall–Kier alpha value is -1.05. The Labute approximate surface area is 76.9 Å². The van der Waals surface area contributed by atoms with E-state index in [-0.39, 0.29) is 0 Å². The summed E-state index contributed by atoms with van der Waals surface area (Å²) in [5.74, 6) is 1.45. The summed E-state index contributed by atoms with van der Waals surface area (Å²) in [6.07, 6.45) is 8.69. The molecule has 3 aliphatic carbocycles. The van der Waals surface area contributed by atoms with E-state index in [1.807, 2.05) is 6.08 Å². The van der Waals surface area contributed by atoms with Gasteiger partial charge in [-0.1, -0.05) is 18.2 Å². The Balaban J connectivity index is 1.98. The molecule has 13 heavy (non-hydrogen) atoms. The molecule has 0 aromatic carbocycles. The lowest BCUT2D eigenvalue weighted by molar-refractivity contribution is -0.133. The maximum Gasteiger partial charge on any atom is 0.331 e. The van der Waals surface area contributed by atoms with Gasteiger partial charge in [-0.2, -0.15) is 0 Å². The van der Waals surface area contributed by atoms with Crippen LogP contribution in [0, 0.1) is 23.7 Å². The fourth-order valence-corrected chi connectivity index (χ4v) is 3.32. The minimum atomic E-state index is -0.703. The van der Waals surface area contributed by atoms with Crippen molar-refractivity contribution < 1.29 is 9.90 Å². The van der Waals surface area contributed by atoms with E-state index in [0.29, 0.717) is 23.3 Å². The average molecular weight is 176 g/mol. The van der Waals surface area contributed by atoms with Crippen LogP contribution < -0.4 is 0 Å². The van der Waals surface area contributed by atoms with Crippen LogP contribution in [0.3, 0.4) is 0 Å². The van der Waals surface area contributed by atoms with Gasteiger partial charge in [0.15, 0.2) is 0 Å². The van der Waals surface area contributed by atoms with E-state index in [2.05, 4.69) is 12.2 Å². The van der Waals surface area contributed by atoms with Gasteiger partial charge in [-0.25, -0.2) is 4.79 Å². The summed E-state index contributed by atoms with van der Waals surface area (Å²) in [7, 11) is 0. The number of carboxylic acid groups (broad SMARTS) is 1. The second kappa shape index (κ2) is 2.25. The molecule has 0 aromatic heterocycles. The second-order valence-electron chi connectivity index (χ2n) is 4.34. The predicted octanol–water partition coefficient (Wildman–Crippen LogP) is 1.84. The summed E-state index contributed by atoms with van der Waals surface area (Å²) in [5.41, 5.74) is 0.679. The molecule has 2 bridgehead atoms. The molecule has 2 heteroatoms. The molecule has 0 heterocycles. The molecule has 0 spiro atoms. The molecular formula is C11H12O2. The molecule has 0 aliphatic heterocycles. The molecule has 3 rings (SSSR count). The Morgan fingerprint density at radius 3 is 3.15 bits per heavy atom. The zero-order valence-corrected chi connectivity index (χ0v) is 7.31. The molecule has 0 radical (unpaired) electrons. The van der Waals surface area contributed by atoms with Gasteiger partial charge in [-0.3, -0.25) is 0 Å². The van der Waals surface area contributed by atoms with Crippen LogP contribution >= 0.6 is 0 Å². The highest BCUT2D eigenvalue weighted by Crippen LogP contribution is 2.55. The van der Waals surface area contributed by atoms with Crippen molar-refractivity contribution in [3.8, 4) is 0 Å². The van der Waals surface area contributed by atoms with Crippen LogP contribution in [0.15, 0.2) is 23.8 Å². The van der Waals surface area contributed by atoms with Crippen LogP contribution in [0.5, 0.6) is 0 Å². The summed E-state index contributed by atoms with van der Waals surface area (Å²) >= 11 is 0. The van der Waals surface area contributed by atoms with Gasteiger partial charge in [0.25, 0.3) is 0 Å². The Morgan fingerprint density at radius 1 is 1.54 bits per heavy atom. The van der Waals surface area contributed by atoms with Crippen molar-refractivity contribution in [1.29, 1.82) is 0 Å². The number of fused-ring (bicyclic) bond motifs is 5. The number of allylic oxidation sites excluding steroid dienone is 3. The lowest BCUT2D eigenvalue weighted by atomic mass is 9.82. The van der Waals surface area contributed by atoms with Crippen LogP contribution in [-0.2, 0) is 4.79 Å². The topological polar surface area (TPSA) is 37.3 Å². The lowest BCUT2D eigenvalue weighted by Gasteiger charge is -2.22. The van der Waals surface area contributed by atoms with E-state index in [1.165, 1.54) is 0 Å². The number of aliphatic carboxylic acids is 1.